The highest BCUT2D eigenvalue weighted by atomic mass is 19.4. The van der Waals surface area contributed by atoms with Gasteiger partial charge in [0.05, 0.1) is 6.61 Å². The topological polar surface area (TPSA) is 82.4 Å². The van der Waals surface area contributed by atoms with Crippen molar-refractivity contribution in [3.63, 3.8) is 0 Å². The number of alkyl halides is 3. The molecule has 0 unspecified atom stereocenters. The number of likely N-dealkylation sites (tertiary alicyclic amines) is 1. The van der Waals surface area contributed by atoms with Crippen molar-refractivity contribution in [3.05, 3.63) is 0 Å². The highest BCUT2D eigenvalue weighted by Crippen LogP contribution is 2.50. The molecule has 10 heteroatoms. The van der Waals surface area contributed by atoms with E-state index < -0.39 is 17.7 Å². The van der Waals surface area contributed by atoms with E-state index in [1.54, 1.807) is 7.11 Å². The molecule has 30 heavy (non-hydrogen) atoms. The first kappa shape index (κ1) is 24.6. The molecule has 172 valence electrons. The summed E-state index contributed by atoms with van der Waals surface area (Å²) in [5, 5.41) is 7.12. The summed E-state index contributed by atoms with van der Waals surface area (Å²) in [6.45, 7) is 11.1. The Labute approximate surface area is 175 Å². The first-order valence-electron chi connectivity index (χ1n) is 10.4. The number of hydrogen-bond acceptors (Lipinski definition) is 5. The maximum atomic E-state index is 13.3. The number of carbonyl (C=O) groups is 2. The van der Waals surface area contributed by atoms with Crippen LogP contribution in [0.3, 0.4) is 0 Å². The Hall–Kier alpha value is -1.68. The number of carboxylic acids is 1. The summed E-state index contributed by atoms with van der Waals surface area (Å²) in [5.74, 6) is 0.0309. The fourth-order valence-electron chi connectivity index (χ4n) is 4.70. The van der Waals surface area contributed by atoms with Gasteiger partial charge in [0, 0.05) is 45.6 Å². The number of hydrogen-bond donors (Lipinski definition) is 1. The van der Waals surface area contributed by atoms with E-state index in [2.05, 4.69) is 25.7 Å². The average Bonchev–Trinajstić information content (AvgIpc) is 3.28. The first-order valence-corrected chi connectivity index (χ1v) is 10.4. The van der Waals surface area contributed by atoms with Gasteiger partial charge in [0.2, 0.25) is 0 Å². The second-order valence-corrected chi connectivity index (χ2v) is 8.58. The van der Waals surface area contributed by atoms with Gasteiger partial charge in [-0.15, -0.1) is 0 Å². The smallest absolute Gasteiger partial charge is 0.475 e. The molecule has 1 amide bonds. The summed E-state index contributed by atoms with van der Waals surface area (Å²) in [6.07, 6.45) is -2.15. The molecule has 2 fully saturated rings. The van der Waals surface area contributed by atoms with Crippen molar-refractivity contribution in [1.82, 2.24) is 9.80 Å². The Morgan fingerprint density at radius 3 is 2.50 bits per heavy atom. The van der Waals surface area contributed by atoms with Crippen LogP contribution in [-0.4, -0.2) is 84.2 Å². The molecule has 0 radical (unpaired) electrons. The standard InChI is InChI=1S/C18H31N3O2.C2HF3O2/c1-5-16-19-18(17(22)21(16)10-13(2)3)7-6-14-11-20(8-9-23-4)12-15(14)18;3-2(4,5)1(6)7/h13-15H,5-12H2,1-4H3;(H,6,7)/t14-,15+,18-;/m1./s1. The van der Waals surface area contributed by atoms with Crippen LogP contribution in [0.15, 0.2) is 4.99 Å². The highest BCUT2D eigenvalue weighted by molar-refractivity contribution is 6.08. The van der Waals surface area contributed by atoms with Gasteiger partial charge < -0.3 is 14.7 Å². The van der Waals surface area contributed by atoms with Crippen molar-refractivity contribution in [2.45, 2.75) is 51.7 Å². The third-order valence-electron chi connectivity index (χ3n) is 6.00. The van der Waals surface area contributed by atoms with Crippen LogP contribution in [0.1, 0.15) is 40.0 Å². The van der Waals surface area contributed by atoms with Crippen LogP contribution in [0.5, 0.6) is 0 Å². The number of carbonyl (C=O) groups excluding carboxylic acids is 1. The number of halogens is 3. The first-order chi connectivity index (χ1) is 14.0. The molecule has 2 aliphatic heterocycles. The molecule has 2 heterocycles. The Bertz CT molecular complexity index is 668. The summed E-state index contributed by atoms with van der Waals surface area (Å²) >= 11 is 0. The number of fused-ring (bicyclic) bond motifs is 2. The van der Waals surface area contributed by atoms with E-state index in [4.69, 9.17) is 19.6 Å². The van der Waals surface area contributed by atoms with E-state index in [9.17, 15) is 18.0 Å². The summed E-state index contributed by atoms with van der Waals surface area (Å²) in [7, 11) is 1.75. The number of rotatable bonds is 6. The van der Waals surface area contributed by atoms with Crippen molar-refractivity contribution < 1.29 is 32.6 Å². The van der Waals surface area contributed by atoms with Crippen molar-refractivity contribution in [2.75, 3.05) is 39.9 Å². The molecular formula is C20H32F3N3O4. The molecule has 1 spiro atoms. The third kappa shape index (κ3) is 5.14. The zero-order valence-electron chi connectivity index (χ0n) is 18.0. The van der Waals surface area contributed by atoms with Crippen molar-refractivity contribution in [2.24, 2.45) is 22.7 Å². The second kappa shape index (κ2) is 9.64. The van der Waals surface area contributed by atoms with Gasteiger partial charge in [-0.25, -0.2) is 4.79 Å². The van der Waals surface area contributed by atoms with Gasteiger partial charge in [-0.05, 0) is 24.7 Å². The fraction of sp³-hybridized carbons (Fsp3) is 0.850. The number of nitrogens with zero attached hydrogens (tertiary/aromatic N) is 3. The Balaban J connectivity index is 0.000000396. The minimum atomic E-state index is -5.08. The van der Waals surface area contributed by atoms with Crippen molar-refractivity contribution in [3.8, 4) is 0 Å². The SMILES string of the molecule is CCC1=N[C@@]2(CC[C@@H]3CN(CCOC)C[C@@H]32)C(=O)N1CC(C)C.O=C(O)C(F)(F)F. The van der Waals surface area contributed by atoms with E-state index in [1.165, 1.54) is 0 Å². The zero-order valence-corrected chi connectivity index (χ0v) is 18.0. The van der Waals surface area contributed by atoms with E-state index >= 15 is 0 Å². The highest BCUT2D eigenvalue weighted by Gasteiger charge is 2.60. The molecule has 0 bridgehead atoms. The lowest BCUT2D eigenvalue weighted by molar-refractivity contribution is -0.192. The number of methoxy groups -OCH3 is 1. The van der Waals surface area contributed by atoms with Crippen molar-refractivity contribution in [1.29, 1.82) is 0 Å². The van der Waals surface area contributed by atoms with Crippen LogP contribution in [0.25, 0.3) is 0 Å². The Morgan fingerprint density at radius 1 is 1.37 bits per heavy atom. The van der Waals surface area contributed by atoms with E-state index in [-0.39, 0.29) is 5.91 Å². The molecule has 1 N–H and O–H groups in total. The minimum Gasteiger partial charge on any atom is -0.475 e. The fourth-order valence-corrected chi connectivity index (χ4v) is 4.70. The Morgan fingerprint density at radius 2 is 2.00 bits per heavy atom. The van der Waals surface area contributed by atoms with Crippen molar-refractivity contribution >= 4 is 17.7 Å². The molecule has 3 rings (SSSR count). The lowest BCUT2D eigenvalue weighted by Gasteiger charge is -2.29. The summed E-state index contributed by atoms with van der Waals surface area (Å²) in [6, 6.07) is 0. The zero-order chi connectivity index (χ0) is 22.7. The van der Waals surface area contributed by atoms with Gasteiger partial charge >= 0.3 is 12.1 Å². The molecular weight excluding hydrogens is 403 g/mol. The normalized spacial score (nSPS) is 28.7. The largest absolute Gasteiger partial charge is 0.490 e. The minimum absolute atomic E-state index is 0.282. The molecule has 0 aromatic heterocycles. The van der Waals surface area contributed by atoms with Crippen LogP contribution < -0.4 is 0 Å². The molecule has 0 aromatic rings. The number of carboxylic acid groups (broad SMARTS) is 1. The van der Waals surface area contributed by atoms with Crippen LogP contribution in [0, 0.1) is 17.8 Å². The van der Waals surface area contributed by atoms with E-state index in [0.29, 0.717) is 17.8 Å². The van der Waals surface area contributed by atoms with Crippen LogP contribution >= 0.6 is 0 Å². The number of amidine groups is 1. The maximum absolute atomic E-state index is 13.3. The monoisotopic (exact) mass is 435 g/mol. The summed E-state index contributed by atoms with van der Waals surface area (Å²) in [4.78, 5) is 31.7. The van der Waals surface area contributed by atoms with Crippen LogP contribution in [-0.2, 0) is 14.3 Å². The molecule has 3 aliphatic rings. The number of aliphatic imine (C=N–C) groups is 1. The molecule has 1 aliphatic carbocycles. The molecule has 1 saturated heterocycles. The summed E-state index contributed by atoms with van der Waals surface area (Å²) < 4.78 is 37.0. The third-order valence-corrected chi connectivity index (χ3v) is 6.00. The predicted octanol–water partition coefficient (Wildman–Crippen LogP) is 2.65. The lowest BCUT2D eigenvalue weighted by atomic mass is 9.85. The molecule has 3 atom stereocenters. The molecule has 0 aromatic carbocycles. The quantitative estimate of drug-likeness (QED) is 0.694. The van der Waals surface area contributed by atoms with Crippen LogP contribution in [0.4, 0.5) is 13.2 Å². The van der Waals surface area contributed by atoms with Gasteiger partial charge in [-0.2, -0.15) is 13.2 Å². The lowest BCUT2D eigenvalue weighted by Crippen LogP contribution is -2.47. The number of aliphatic carboxylic acids is 1. The summed E-state index contributed by atoms with van der Waals surface area (Å²) in [5.41, 5.74) is -0.452. The second-order valence-electron chi connectivity index (χ2n) is 8.58. The Kier molecular flexibility index (Phi) is 7.90. The maximum Gasteiger partial charge on any atom is 0.490 e. The molecule has 7 nitrogen and oxygen atoms in total. The van der Waals surface area contributed by atoms with Gasteiger partial charge in [0.1, 0.15) is 11.4 Å². The van der Waals surface area contributed by atoms with Gasteiger partial charge in [-0.1, -0.05) is 20.8 Å². The number of ether oxygens (including phenoxy) is 1. The van der Waals surface area contributed by atoms with E-state index in [1.807, 2.05) is 4.90 Å². The average molecular weight is 435 g/mol. The predicted molar refractivity (Wildman–Crippen MR) is 105 cm³/mol. The van der Waals surface area contributed by atoms with Gasteiger partial charge in [0.15, 0.2) is 0 Å². The number of amides is 1. The van der Waals surface area contributed by atoms with Crippen LogP contribution in [0.2, 0.25) is 0 Å². The van der Waals surface area contributed by atoms with E-state index in [0.717, 1.165) is 57.9 Å². The molecule has 1 saturated carbocycles. The van der Waals surface area contributed by atoms with Gasteiger partial charge in [0.25, 0.3) is 5.91 Å². The van der Waals surface area contributed by atoms with Gasteiger partial charge in [-0.3, -0.25) is 14.7 Å².